The summed E-state index contributed by atoms with van der Waals surface area (Å²) in [5, 5.41) is -0.190. The SMILES string of the molecule is COc1ccc(CO[C@@H]2/C=C\[C@@H](C)[C@H](C)OC(=O)c3c(cc(N(C)C(=O)OC(C)(C)C)cc3O[Si](C)(C)C(C)(C)C)C#CC[C@@H]3OC(C)(C)O[C@@H]32)cc1. The number of anilines is 1. The minimum absolute atomic E-state index is 0.190. The number of hydrogen-bond donors (Lipinski definition) is 0. The lowest BCUT2D eigenvalue weighted by Gasteiger charge is -2.37. The number of nitrogens with zero attached hydrogens (tertiary/aromatic N) is 1. The minimum Gasteiger partial charge on any atom is -0.543 e. The van der Waals surface area contributed by atoms with Gasteiger partial charge in [0.15, 0.2) is 5.79 Å². The van der Waals surface area contributed by atoms with Gasteiger partial charge in [0.05, 0.1) is 19.4 Å². The molecule has 2 aromatic rings. The molecule has 2 aliphatic heterocycles. The van der Waals surface area contributed by atoms with Crippen molar-refractivity contribution in [2.75, 3.05) is 19.1 Å². The standard InChI is InChI=1S/C42H59NO9Si/c1-27-18-23-33(47-26-29-19-21-32(46-12)22-20-29)37-34(49-42(9,10)50-37)17-15-16-30-24-31(43(11)39(45)51-40(3,4)5)25-35(36(30)38(44)48-28(27)2)52-53(13,14)41(6,7)8/h18-25,27-28,33-34,37H,17,26H2,1-14H3/b23-18-/t27-,28+,33-,34+,37-/m1/s1. The van der Waals surface area contributed by atoms with E-state index < -0.39 is 56.2 Å². The van der Waals surface area contributed by atoms with Crippen molar-refractivity contribution >= 4 is 26.1 Å². The Labute approximate surface area is 317 Å². The summed E-state index contributed by atoms with van der Waals surface area (Å²) in [6.45, 7) is 23.9. The smallest absolute Gasteiger partial charge is 0.414 e. The van der Waals surface area contributed by atoms with E-state index in [0.29, 0.717) is 23.6 Å². The molecule has 290 valence electrons. The fourth-order valence-electron chi connectivity index (χ4n) is 5.54. The van der Waals surface area contributed by atoms with E-state index in [9.17, 15) is 9.59 Å². The highest BCUT2D eigenvalue weighted by Crippen LogP contribution is 2.41. The number of amides is 1. The molecule has 0 unspecified atom stereocenters. The van der Waals surface area contributed by atoms with Gasteiger partial charge in [-0.2, -0.15) is 0 Å². The summed E-state index contributed by atoms with van der Waals surface area (Å²) in [7, 11) is 0.748. The van der Waals surface area contributed by atoms with E-state index in [1.165, 1.54) is 4.90 Å². The number of ether oxygens (including phenoxy) is 6. The number of carbonyl (C=O) groups is 2. The van der Waals surface area contributed by atoms with Crippen LogP contribution in [0.5, 0.6) is 11.5 Å². The summed E-state index contributed by atoms with van der Waals surface area (Å²) in [6.07, 6.45) is 1.73. The lowest BCUT2D eigenvalue weighted by Crippen LogP contribution is -2.44. The number of carbonyl (C=O) groups excluding carboxylic acids is 2. The van der Waals surface area contributed by atoms with Crippen molar-refractivity contribution < 1.29 is 42.4 Å². The monoisotopic (exact) mass is 749 g/mol. The number of methoxy groups -OCH3 is 1. The highest BCUT2D eigenvalue weighted by Gasteiger charge is 2.45. The Kier molecular flexibility index (Phi) is 12.9. The second kappa shape index (κ2) is 16.3. The van der Waals surface area contributed by atoms with E-state index in [4.69, 9.17) is 32.8 Å². The first-order chi connectivity index (χ1) is 24.5. The van der Waals surface area contributed by atoms with Gasteiger partial charge in [0, 0.05) is 31.0 Å². The molecular formula is C42H59NO9Si. The van der Waals surface area contributed by atoms with Gasteiger partial charge in [0.1, 0.15) is 47.1 Å². The van der Waals surface area contributed by atoms with Crippen molar-refractivity contribution in [1.82, 2.24) is 0 Å². The van der Waals surface area contributed by atoms with Crippen LogP contribution < -0.4 is 14.1 Å². The second-order valence-corrected chi connectivity index (χ2v) is 21.6. The minimum atomic E-state index is -2.51. The molecule has 10 nitrogen and oxygen atoms in total. The van der Waals surface area contributed by atoms with Crippen LogP contribution >= 0.6 is 0 Å². The highest BCUT2D eigenvalue weighted by molar-refractivity contribution is 6.74. The largest absolute Gasteiger partial charge is 0.543 e. The molecule has 5 atom stereocenters. The van der Waals surface area contributed by atoms with Crippen molar-refractivity contribution in [3.63, 3.8) is 0 Å². The van der Waals surface area contributed by atoms with Crippen LogP contribution in [0.2, 0.25) is 18.1 Å². The van der Waals surface area contributed by atoms with Gasteiger partial charge in [-0.3, -0.25) is 4.90 Å². The van der Waals surface area contributed by atoms with Crippen LogP contribution in [-0.4, -0.2) is 70.3 Å². The van der Waals surface area contributed by atoms with Crippen LogP contribution in [0.25, 0.3) is 0 Å². The summed E-state index contributed by atoms with van der Waals surface area (Å²) < 4.78 is 43.4. The number of hydrogen-bond acceptors (Lipinski definition) is 9. The Bertz CT molecular complexity index is 1710. The van der Waals surface area contributed by atoms with Gasteiger partial charge in [0.2, 0.25) is 0 Å². The zero-order chi connectivity index (χ0) is 39.5. The molecule has 1 fully saturated rings. The maximum Gasteiger partial charge on any atom is 0.414 e. The van der Waals surface area contributed by atoms with Crippen molar-refractivity contribution in [1.29, 1.82) is 0 Å². The van der Waals surface area contributed by atoms with Gasteiger partial charge in [-0.25, -0.2) is 9.59 Å². The molecule has 4 rings (SSSR count). The Morgan fingerprint density at radius 3 is 2.28 bits per heavy atom. The Morgan fingerprint density at radius 1 is 1.02 bits per heavy atom. The molecule has 0 radical (unpaired) electrons. The topological polar surface area (TPSA) is 102 Å². The zero-order valence-corrected chi connectivity index (χ0v) is 35.0. The third-order valence-electron chi connectivity index (χ3n) is 9.83. The van der Waals surface area contributed by atoms with Crippen molar-refractivity contribution in [2.45, 2.75) is 136 Å². The predicted octanol–water partition coefficient (Wildman–Crippen LogP) is 9.05. The summed E-state index contributed by atoms with van der Waals surface area (Å²) in [6, 6.07) is 11.1. The van der Waals surface area contributed by atoms with Gasteiger partial charge in [-0.1, -0.05) is 63.8 Å². The van der Waals surface area contributed by atoms with Crippen LogP contribution in [0, 0.1) is 17.8 Å². The fraction of sp³-hybridized carbons (Fsp3) is 0.571. The average Bonchev–Trinajstić information content (AvgIpc) is 3.35. The van der Waals surface area contributed by atoms with Crippen LogP contribution in [-0.2, 0) is 30.3 Å². The molecule has 2 aliphatic rings. The first kappa shape index (κ1) is 41.9. The molecule has 0 spiro atoms. The fourth-order valence-corrected chi connectivity index (χ4v) is 6.56. The molecule has 11 heteroatoms. The average molecular weight is 750 g/mol. The van der Waals surface area contributed by atoms with Crippen molar-refractivity contribution in [3.8, 4) is 23.3 Å². The number of cyclic esters (lactones) is 1. The molecule has 0 saturated carbocycles. The van der Waals surface area contributed by atoms with Gasteiger partial charge in [-0.15, -0.1) is 0 Å². The van der Waals surface area contributed by atoms with Crippen molar-refractivity contribution in [2.24, 2.45) is 5.92 Å². The number of benzene rings is 2. The predicted molar refractivity (Wildman–Crippen MR) is 209 cm³/mol. The number of fused-ring (bicyclic) bond motifs is 2. The first-order valence-corrected chi connectivity index (χ1v) is 21.2. The zero-order valence-electron chi connectivity index (χ0n) is 34.0. The molecule has 53 heavy (non-hydrogen) atoms. The first-order valence-electron chi connectivity index (χ1n) is 18.3. The van der Waals surface area contributed by atoms with E-state index in [-0.39, 0.29) is 22.9 Å². The molecule has 0 aliphatic carbocycles. The van der Waals surface area contributed by atoms with E-state index in [1.807, 2.05) is 84.9 Å². The number of esters is 1. The summed E-state index contributed by atoms with van der Waals surface area (Å²) in [5.41, 5.74) is 1.30. The van der Waals surface area contributed by atoms with Gasteiger partial charge >= 0.3 is 12.1 Å². The summed E-state index contributed by atoms with van der Waals surface area (Å²) in [5.74, 6) is 5.95. The molecule has 2 aromatic carbocycles. The van der Waals surface area contributed by atoms with Gasteiger partial charge < -0.3 is 32.8 Å². The molecule has 2 heterocycles. The molecule has 1 amide bonds. The lowest BCUT2D eigenvalue weighted by atomic mass is 9.99. The Balaban J connectivity index is 1.83. The van der Waals surface area contributed by atoms with Gasteiger partial charge in [-0.05, 0) is 83.4 Å². The van der Waals surface area contributed by atoms with E-state index in [1.54, 1.807) is 26.3 Å². The van der Waals surface area contributed by atoms with Crippen LogP contribution in [0.15, 0.2) is 48.6 Å². The third-order valence-corrected chi connectivity index (χ3v) is 14.2. The summed E-state index contributed by atoms with van der Waals surface area (Å²) >= 11 is 0. The molecule has 0 bridgehead atoms. The van der Waals surface area contributed by atoms with Crippen LogP contribution in [0.3, 0.4) is 0 Å². The second-order valence-electron chi connectivity index (χ2n) is 16.9. The Morgan fingerprint density at radius 2 is 1.68 bits per heavy atom. The normalized spacial score (nSPS) is 24.0. The quantitative estimate of drug-likeness (QED) is 0.119. The van der Waals surface area contributed by atoms with E-state index in [2.05, 4.69) is 45.7 Å². The summed E-state index contributed by atoms with van der Waals surface area (Å²) in [4.78, 5) is 28.9. The Hall–Kier alpha value is -3.82. The molecule has 0 aromatic heterocycles. The third kappa shape index (κ3) is 10.9. The molecule has 1 saturated heterocycles. The number of rotatable bonds is 7. The van der Waals surface area contributed by atoms with Crippen LogP contribution in [0.4, 0.5) is 10.5 Å². The maximum absolute atomic E-state index is 14.3. The molecular weight excluding hydrogens is 691 g/mol. The van der Waals surface area contributed by atoms with Crippen molar-refractivity contribution in [3.05, 3.63) is 65.2 Å². The van der Waals surface area contributed by atoms with E-state index >= 15 is 0 Å². The maximum atomic E-state index is 14.3. The van der Waals surface area contributed by atoms with Gasteiger partial charge in [0.25, 0.3) is 8.32 Å². The molecule has 0 N–H and O–H groups in total. The lowest BCUT2D eigenvalue weighted by molar-refractivity contribution is -0.156. The van der Waals surface area contributed by atoms with Crippen LogP contribution in [0.1, 0.15) is 97.1 Å². The van der Waals surface area contributed by atoms with E-state index in [0.717, 1.165) is 11.3 Å². The highest BCUT2D eigenvalue weighted by atomic mass is 28.4.